The lowest BCUT2D eigenvalue weighted by molar-refractivity contribution is -0.895. The van der Waals surface area contributed by atoms with Gasteiger partial charge in [-0.25, -0.2) is 4.98 Å². The second kappa shape index (κ2) is 7.15. The number of nitrogens with one attached hydrogen (secondary N) is 1. The highest BCUT2D eigenvalue weighted by Crippen LogP contribution is 2.31. The summed E-state index contributed by atoms with van der Waals surface area (Å²) in [6, 6.07) is 7.94. The Bertz CT molecular complexity index is 1010. The van der Waals surface area contributed by atoms with Crippen LogP contribution in [0.3, 0.4) is 0 Å². The van der Waals surface area contributed by atoms with Gasteiger partial charge in [0.1, 0.15) is 11.4 Å². The number of aliphatic hydroxyl groups excluding tert-OH is 1. The molecule has 0 bridgehead atoms. The van der Waals surface area contributed by atoms with Crippen molar-refractivity contribution in [2.75, 3.05) is 26.0 Å². The fraction of sp³-hybridized carbons (Fsp3) is 0.368. The Morgan fingerprint density at radius 1 is 1.35 bits per heavy atom. The molecule has 136 valence electrons. The number of quaternary nitrogens is 1. The van der Waals surface area contributed by atoms with Crippen LogP contribution in [0.5, 0.6) is 0 Å². The third kappa shape index (κ3) is 3.09. The SMILES string of the molecule is Cc1ccc(-n2c(SCCO)nc3sc4c(c3c2=O)CC[NH+](C)C4)cc1. The van der Waals surface area contributed by atoms with Crippen molar-refractivity contribution in [1.82, 2.24) is 9.55 Å². The van der Waals surface area contributed by atoms with Crippen LogP contribution in [0.1, 0.15) is 16.0 Å². The molecule has 7 heteroatoms. The smallest absolute Gasteiger partial charge is 0.267 e. The molecule has 3 aromatic rings. The Morgan fingerprint density at radius 3 is 2.85 bits per heavy atom. The number of fused-ring (bicyclic) bond motifs is 3. The van der Waals surface area contributed by atoms with Gasteiger partial charge in [0, 0.05) is 12.2 Å². The predicted molar refractivity (Wildman–Crippen MR) is 107 cm³/mol. The minimum absolute atomic E-state index is 0.0105. The lowest BCUT2D eigenvalue weighted by Gasteiger charge is -2.19. The summed E-state index contributed by atoms with van der Waals surface area (Å²) < 4.78 is 1.71. The van der Waals surface area contributed by atoms with E-state index in [1.807, 2.05) is 31.2 Å². The van der Waals surface area contributed by atoms with E-state index in [4.69, 9.17) is 4.98 Å². The maximum Gasteiger partial charge on any atom is 0.267 e. The Hall–Kier alpha value is -1.67. The average Bonchev–Trinajstić information content (AvgIpc) is 2.98. The van der Waals surface area contributed by atoms with Crippen LogP contribution in [0.15, 0.2) is 34.2 Å². The Balaban J connectivity index is 1.96. The van der Waals surface area contributed by atoms with Crippen LogP contribution < -0.4 is 10.5 Å². The van der Waals surface area contributed by atoms with E-state index in [9.17, 15) is 9.90 Å². The van der Waals surface area contributed by atoms with Crippen molar-refractivity contribution in [1.29, 1.82) is 0 Å². The molecule has 0 saturated carbocycles. The van der Waals surface area contributed by atoms with Crippen molar-refractivity contribution in [3.8, 4) is 5.69 Å². The van der Waals surface area contributed by atoms with Crippen LogP contribution in [-0.4, -0.2) is 40.6 Å². The molecule has 1 aliphatic rings. The van der Waals surface area contributed by atoms with E-state index in [2.05, 4.69) is 7.05 Å². The first-order valence-corrected chi connectivity index (χ1v) is 10.6. The van der Waals surface area contributed by atoms with Crippen LogP contribution >= 0.6 is 23.1 Å². The minimum atomic E-state index is 0.0105. The molecule has 1 unspecified atom stereocenters. The summed E-state index contributed by atoms with van der Waals surface area (Å²) in [6.07, 6.45) is 0.926. The van der Waals surface area contributed by atoms with Crippen LogP contribution in [0, 0.1) is 6.92 Å². The van der Waals surface area contributed by atoms with Gasteiger partial charge in [-0.05, 0) is 24.6 Å². The van der Waals surface area contributed by atoms with Crippen molar-refractivity contribution in [2.45, 2.75) is 25.0 Å². The van der Waals surface area contributed by atoms with Crippen LogP contribution in [-0.2, 0) is 13.0 Å². The normalized spacial score (nSPS) is 16.8. The lowest BCUT2D eigenvalue weighted by Crippen LogP contribution is -3.08. The molecule has 1 aliphatic heterocycles. The Morgan fingerprint density at radius 2 is 2.12 bits per heavy atom. The van der Waals surface area contributed by atoms with Gasteiger partial charge in [-0.15, -0.1) is 11.3 Å². The monoisotopic (exact) mass is 388 g/mol. The quantitative estimate of drug-likeness (QED) is 0.524. The molecule has 0 saturated heterocycles. The highest BCUT2D eigenvalue weighted by atomic mass is 32.2. The van der Waals surface area contributed by atoms with E-state index in [0.717, 1.165) is 41.0 Å². The van der Waals surface area contributed by atoms with E-state index >= 15 is 0 Å². The summed E-state index contributed by atoms with van der Waals surface area (Å²) in [6.45, 7) is 4.09. The average molecular weight is 389 g/mol. The third-order valence-corrected chi connectivity index (χ3v) is 6.80. The number of benzene rings is 1. The number of rotatable bonds is 4. The molecule has 26 heavy (non-hydrogen) atoms. The van der Waals surface area contributed by atoms with Crippen molar-refractivity contribution in [3.05, 3.63) is 50.6 Å². The van der Waals surface area contributed by atoms with Crippen molar-refractivity contribution >= 4 is 33.3 Å². The van der Waals surface area contributed by atoms with Gasteiger partial charge in [-0.3, -0.25) is 9.36 Å². The molecular formula is C19H22N3O2S2+. The topological polar surface area (TPSA) is 59.6 Å². The first kappa shape index (κ1) is 17.7. The molecule has 0 radical (unpaired) electrons. The second-order valence-electron chi connectivity index (χ2n) is 6.76. The van der Waals surface area contributed by atoms with Crippen molar-refractivity contribution in [3.63, 3.8) is 0 Å². The summed E-state index contributed by atoms with van der Waals surface area (Å²) in [4.78, 5) is 21.9. The van der Waals surface area contributed by atoms with E-state index in [0.29, 0.717) is 10.9 Å². The molecular weight excluding hydrogens is 366 g/mol. The number of aliphatic hydroxyl groups is 1. The molecule has 4 rings (SSSR count). The molecule has 0 amide bonds. The molecule has 3 heterocycles. The van der Waals surface area contributed by atoms with Gasteiger partial charge in [0.2, 0.25) is 0 Å². The number of hydrogen-bond donors (Lipinski definition) is 2. The van der Waals surface area contributed by atoms with Gasteiger partial charge in [0.05, 0.1) is 36.2 Å². The number of likely N-dealkylation sites (N-methyl/N-ethyl adjacent to an activating group) is 1. The number of nitrogens with zero attached hydrogens (tertiary/aromatic N) is 2. The number of thiophene rings is 1. The minimum Gasteiger partial charge on any atom is -0.396 e. The molecule has 1 atom stereocenters. The summed E-state index contributed by atoms with van der Waals surface area (Å²) in [5.41, 5.74) is 3.18. The molecule has 1 aromatic carbocycles. The standard InChI is InChI=1S/C19H21N3O2S2/c1-12-3-5-13(6-4-12)22-18(24)16-14-7-8-21(2)11-15(14)26-17(16)20-19(22)25-10-9-23/h3-6,23H,7-11H2,1-2H3/p+1. The first-order valence-electron chi connectivity index (χ1n) is 8.78. The van der Waals surface area contributed by atoms with Gasteiger partial charge >= 0.3 is 0 Å². The van der Waals surface area contributed by atoms with E-state index in [1.165, 1.54) is 27.1 Å². The first-order chi connectivity index (χ1) is 12.6. The predicted octanol–water partition coefficient (Wildman–Crippen LogP) is 1.41. The lowest BCUT2D eigenvalue weighted by atomic mass is 10.1. The molecule has 0 aliphatic carbocycles. The molecule has 2 aromatic heterocycles. The Kier molecular flexibility index (Phi) is 4.88. The number of aromatic nitrogens is 2. The summed E-state index contributed by atoms with van der Waals surface area (Å²) >= 11 is 3.08. The maximum atomic E-state index is 13.5. The van der Waals surface area contributed by atoms with E-state index < -0.39 is 0 Å². The molecule has 0 spiro atoms. The fourth-order valence-electron chi connectivity index (χ4n) is 3.40. The number of aryl methyl sites for hydroxylation is 1. The molecule has 5 nitrogen and oxygen atoms in total. The zero-order chi connectivity index (χ0) is 18.3. The summed E-state index contributed by atoms with van der Waals surface area (Å²) in [7, 11) is 2.19. The fourth-order valence-corrected chi connectivity index (χ4v) is 5.52. The second-order valence-corrected chi connectivity index (χ2v) is 8.91. The van der Waals surface area contributed by atoms with Crippen molar-refractivity contribution < 1.29 is 10.0 Å². The highest BCUT2D eigenvalue weighted by Gasteiger charge is 2.26. The summed E-state index contributed by atoms with van der Waals surface area (Å²) in [5, 5.41) is 10.7. The van der Waals surface area contributed by atoms with E-state index in [-0.39, 0.29) is 12.2 Å². The van der Waals surface area contributed by atoms with Gasteiger partial charge < -0.3 is 10.0 Å². The zero-order valence-electron chi connectivity index (χ0n) is 14.9. The number of hydrogen-bond acceptors (Lipinski definition) is 5. The van der Waals surface area contributed by atoms with Crippen molar-refractivity contribution in [2.24, 2.45) is 0 Å². The summed E-state index contributed by atoms with van der Waals surface area (Å²) in [5.74, 6) is 0.516. The van der Waals surface area contributed by atoms with E-state index in [1.54, 1.807) is 15.9 Å². The number of thioether (sulfide) groups is 1. The van der Waals surface area contributed by atoms with Gasteiger partial charge in [0.15, 0.2) is 5.16 Å². The van der Waals surface area contributed by atoms with Gasteiger partial charge in [0.25, 0.3) is 5.56 Å². The van der Waals surface area contributed by atoms with Crippen LogP contribution in [0.2, 0.25) is 0 Å². The molecule has 2 N–H and O–H groups in total. The van der Waals surface area contributed by atoms with Gasteiger partial charge in [-0.1, -0.05) is 29.5 Å². The third-order valence-electron chi connectivity index (χ3n) is 4.76. The largest absolute Gasteiger partial charge is 0.396 e. The van der Waals surface area contributed by atoms with Crippen LogP contribution in [0.4, 0.5) is 0 Å². The highest BCUT2D eigenvalue weighted by molar-refractivity contribution is 7.99. The molecule has 0 fully saturated rings. The van der Waals surface area contributed by atoms with Crippen LogP contribution in [0.25, 0.3) is 15.9 Å². The van der Waals surface area contributed by atoms with Gasteiger partial charge in [-0.2, -0.15) is 0 Å². The maximum absolute atomic E-state index is 13.5. The zero-order valence-corrected chi connectivity index (χ0v) is 16.5. The Labute approximate surface area is 160 Å².